The summed E-state index contributed by atoms with van der Waals surface area (Å²) >= 11 is 0. The maximum Gasteiger partial charge on any atom is 0.332 e. The van der Waals surface area contributed by atoms with Gasteiger partial charge in [-0.3, -0.25) is 0 Å². The summed E-state index contributed by atoms with van der Waals surface area (Å²) in [4.78, 5) is 10.6. The first-order chi connectivity index (χ1) is 9.49. The number of carbonyl (C=O) groups excluding carboxylic acids is 1. The molecule has 2 amide bonds. The van der Waals surface area contributed by atoms with Gasteiger partial charge in [-0.1, -0.05) is 17.7 Å². The Kier molecular flexibility index (Phi) is 3.89. The van der Waals surface area contributed by atoms with Crippen LogP contribution in [0.2, 0.25) is 0 Å². The summed E-state index contributed by atoms with van der Waals surface area (Å²) in [6.07, 6.45) is 1.60. The molecule has 1 aromatic heterocycles. The summed E-state index contributed by atoms with van der Waals surface area (Å²) < 4.78 is 2.14. The van der Waals surface area contributed by atoms with Crippen molar-refractivity contribution in [2.24, 2.45) is 10.8 Å². The highest BCUT2D eigenvalue weighted by molar-refractivity contribution is 5.83. The molecule has 0 atom stereocenters. The number of nitrogens with two attached hydrogens (primary N) is 1. The molecule has 0 radical (unpaired) electrons. The van der Waals surface area contributed by atoms with E-state index in [2.05, 4.69) is 46.3 Å². The number of nitrogens with one attached hydrogen (secondary N) is 1. The Morgan fingerprint density at radius 1 is 1.25 bits per heavy atom. The van der Waals surface area contributed by atoms with Crippen LogP contribution in [0.1, 0.15) is 22.5 Å². The zero-order valence-corrected chi connectivity index (χ0v) is 11.8. The second-order valence-electron chi connectivity index (χ2n) is 4.73. The second-order valence-corrected chi connectivity index (χ2v) is 4.73. The van der Waals surface area contributed by atoms with E-state index in [1.807, 2.05) is 19.9 Å². The van der Waals surface area contributed by atoms with Gasteiger partial charge in [0.2, 0.25) is 0 Å². The molecule has 0 spiro atoms. The van der Waals surface area contributed by atoms with Crippen molar-refractivity contribution >= 4 is 12.2 Å². The molecule has 2 rings (SSSR count). The van der Waals surface area contributed by atoms with E-state index >= 15 is 0 Å². The quantitative estimate of drug-likeness (QED) is 0.652. The minimum absolute atomic E-state index is 0.673. The Bertz CT molecular complexity index is 653. The summed E-state index contributed by atoms with van der Waals surface area (Å²) in [5.41, 5.74) is 12.6. The fourth-order valence-electron chi connectivity index (χ4n) is 2.17. The van der Waals surface area contributed by atoms with Crippen LogP contribution in [-0.2, 0) is 0 Å². The highest BCUT2D eigenvalue weighted by Gasteiger charge is 2.09. The standard InChI is InChI=1S/C15H18N4O/c1-10-4-6-14(7-5-10)19-11(2)8-13(12(19)3)9-17-18-15(16)20/h4-9H,1-3H3,(H3,16,18,20)/b17-9-. The second kappa shape index (κ2) is 5.61. The summed E-state index contributed by atoms with van der Waals surface area (Å²) in [7, 11) is 0. The highest BCUT2D eigenvalue weighted by atomic mass is 16.2. The number of hydrazone groups is 1. The molecule has 5 heteroatoms. The number of carbonyl (C=O) groups is 1. The Morgan fingerprint density at radius 3 is 2.50 bits per heavy atom. The Morgan fingerprint density at radius 2 is 1.90 bits per heavy atom. The van der Waals surface area contributed by atoms with Gasteiger partial charge in [-0.25, -0.2) is 10.2 Å². The lowest BCUT2D eigenvalue weighted by molar-refractivity contribution is 0.249. The molecule has 0 aliphatic carbocycles. The first kappa shape index (κ1) is 13.9. The van der Waals surface area contributed by atoms with Crippen LogP contribution in [0.25, 0.3) is 5.69 Å². The number of benzene rings is 1. The van der Waals surface area contributed by atoms with E-state index in [1.54, 1.807) is 6.21 Å². The molecule has 1 heterocycles. The largest absolute Gasteiger partial charge is 0.350 e. The Hall–Kier alpha value is -2.56. The van der Waals surface area contributed by atoms with Gasteiger partial charge in [0.05, 0.1) is 6.21 Å². The fourth-order valence-corrected chi connectivity index (χ4v) is 2.17. The predicted molar refractivity (Wildman–Crippen MR) is 80.3 cm³/mol. The number of hydrogen-bond acceptors (Lipinski definition) is 2. The minimum atomic E-state index is -0.673. The predicted octanol–water partition coefficient (Wildman–Crippen LogP) is 2.40. The summed E-state index contributed by atoms with van der Waals surface area (Å²) in [6.45, 7) is 6.11. The van der Waals surface area contributed by atoms with Crippen LogP contribution in [0.4, 0.5) is 4.79 Å². The van der Waals surface area contributed by atoms with E-state index in [4.69, 9.17) is 5.73 Å². The number of nitrogens with zero attached hydrogens (tertiary/aromatic N) is 2. The average molecular weight is 270 g/mol. The number of aromatic nitrogens is 1. The smallest absolute Gasteiger partial charge is 0.332 e. The third kappa shape index (κ3) is 2.88. The summed E-state index contributed by atoms with van der Waals surface area (Å²) in [5, 5.41) is 3.80. The van der Waals surface area contributed by atoms with Gasteiger partial charge in [-0.15, -0.1) is 0 Å². The van der Waals surface area contributed by atoms with Crippen molar-refractivity contribution in [3.05, 3.63) is 52.8 Å². The third-order valence-electron chi connectivity index (χ3n) is 3.14. The van der Waals surface area contributed by atoms with Crippen molar-refractivity contribution in [3.8, 4) is 5.69 Å². The molecular weight excluding hydrogens is 252 g/mol. The van der Waals surface area contributed by atoms with Crippen LogP contribution < -0.4 is 11.2 Å². The van der Waals surface area contributed by atoms with Gasteiger partial charge >= 0.3 is 6.03 Å². The van der Waals surface area contributed by atoms with Gasteiger partial charge < -0.3 is 10.3 Å². The maximum absolute atomic E-state index is 10.6. The molecule has 3 N–H and O–H groups in total. The van der Waals surface area contributed by atoms with E-state index in [1.165, 1.54) is 5.56 Å². The van der Waals surface area contributed by atoms with Gasteiger partial charge in [0, 0.05) is 22.6 Å². The first-order valence-electron chi connectivity index (χ1n) is 6.33. The van der Waals surface area contributed by atoms with Crippen molar-refractivity contribution in [2.45, 2.75) is 20.8 Å². The molecule has 0 aliphatic heterocycles. The fraction of sp³-hybridized carbons (Fsp3) is 0.200. The molecule has 0 saturated heterocycles. The normalized spacial score (nSPS) is 10.9. The number of primary amides is 1. The van der Waals surface area contributed by atoms with Gasteiger partial charge in [0.15, 0.2) is 0 Å². The molecular formula is C15H18N4O. The Labute approximate surface area is 118 Å². The summed E-state index contributed by atoms with van der Waals surface area (Å²) in [6, 6.07) is 9.67. The van der Waals surface area contributed by atoms with E-state index in [0.29, 0.717) is 0 Å². The molecule has 0 fully saturated rings. The van der Waals surface area contributed by atoms with Crippen LogP contribution in [0.5, 0.6) is 0 Å². The average Bonchev–Trinajstić information content (AvgIpc) is 2.66. The molecule has 0 aliphatic rings. The number of amides is 2. The maximum atomic E-state index is 10.6. The lowest BCUT2D eigenvalue weighted by Gasteiger charge is -2.09. The first-order valence-corrected chi connectivity index (χ1v) is 6.33. The molecule has 0 unspecified atom stereocenters. The van der Waals surface area contributed by atoms with Gasteiger partial charge in [0.25, 0.3) is 0 Å². The SMILES string of the molecule is Cc1ccc(-n2c(C)cc(/C=N\NC(N)=O)c2C)cc1. The molecule has 20 heavy (non-hydrogen) atoms. The topological polar surface area (TPSA) is 72.4 Å². The van der Waals surface area contributed by atoms with E-state index in [0.717, 1.165) is 22.6 Å². The minimum Gasteiger partial charge on any atom is -0.350 e. The van der Waals surface area contributed by atoms with Crippen LogP contribution in [0.3, 0.4) is 0 Å². The number of aryl methyl sites for hydroxylation is 2. The molecule has 0 saturated carbocycles. The Balaban J connectivity index is 2.36. The zero-order valence-electron chi connectivity index (χ0n) is 11.8. The van der Waals surface area contributed by atoms with Crippen molar-refractivity contribution in [1.82, 2.24) is 9.99 Å². The monoisotopic (exact) mass is 270 g/mol. The third-order valence-corrected chi connectivity index (χ3v) is 3.14. The molecule has 5 nitrogen and oxygen atoms in total. The molecule has 2 aromatic rings. The van der Waals surface area contributed by atoms with Crippen molar-refractivity contribution in [3.63, 3.8) is 0 Å². The van der Waals surface area contributed by atoms with Crippen LogP contribution in [-0.4, -0.2) is 16.8 Å². The lowest BCUT2D eigenvalue weighted by atomic mass is 10.2. The van der Waals surface area contributed by atoms with Crippen LogP contribution in [0.15, 0.2) is 35.4 Å². The van der Waals surface area contributed by atoms with Gasteiger partial charge in [-0.2, -0.15) is 5.10 Å². The zero-order chi connectivity index (χ0) is 14.7. The molecule has 1 aromatic carbocycles. The highest BCUT2D eigenvalue weighted by Crippen LogP contribution is 2.20. The van der Waals surface area contributed by atoms with Crippen LogP contribution >= 0.6 is 0 Å². The number of rotatable bonds is 3. The molecule has 0 bridgehead atoms. The number of urea groups is 1. The van der Waals surface area contributed by atoms with E-state index in [9.17, 15) is 4.79 Å². The van der Waals surface area contributed by atoms with Gasteiger partial charge in [0.1, 0.15) is 0 Å². The van der Waals surface area contributed by atoms with E-state index in [-0.39, 0.29) is 0 Å². The lowest BCUT2D eigenvalue weighted by Crippen LogP contribution is -2.24. The van der Waals surface area contributed by atoms with E-state index < -0.39 is 6.03 Å². The van der Waals surface area contributed by atoms with Crippen LogP contribution in [0, 0.1) is 20.8 Å². The van der Waals surface area contributed by atoms with Crippen molar-refractivity contribution < 1.29 is 4.79 Å². The van der Waals surface area contributed by atoms with Crippen molar-refractivity contribution in [1.29, 1.82) is 0 Å². The number of hydrogen-bond donors (Lipinski definition) is 2. The summed E-state index contributed by atoms with van der Waals surface area (Å²) in [5.74, 6) is 0. The van der Waals surface area contributed by atoms with Gasteiger partial charge in [-0.05, 0) is 39.0 Å². The molecule has 104 valence electrons. The van der Waals surface area contributed by atoms with Crippen molar-refractivity contribution in [2.75, 3.05) is 0 Å².